The van der Waals surface area contributed by atoms with Crippen molar-refractivity contribution in [2.45, 2.75) is 19.8 Å². The molecule has 1 N–H and O–H groups in total. The van der Waals surface area contributed by atoms with Crippen LogP contribution in [0.3, 0.4) is 0 Å². The second-order valence-corrected chi connectivity index (χ2v) is 6.46. The molecule has 0 radical (unpaired) electrons. The first-order valence-corrected chi connectivity index (χ1v) is 9.03. The van der Waals surface area contributed by atoms with Gasteiger partial charge in [-0.25, -0.2) is 8.78 Å². The average molecular weight is 390 g/mol. The van der Waals surface area contributed by atoms with E-state index >= 15 is 0 Å². The van der Waals surface area contributed by atoms with Crippen LogP contribution < -0.4 is 10.1 Å². The molecule has 2 rings (SSSR count). The second-order valence-electron chi connectivity index (χ2n) is 6.46. The molecule has 2 aromatic rings. The number of likely N-dealkylation sites (N-methyl/N-ethyl adjacent to an activating group) is 1. The van der Waals surface area contributed by atoms with Crippen molar-refractivity contribution in [3.05, 3.63) is 65.2 Å². The number of amides is 2. The Morgan fingerprint density at radius 3 is 2.50 bits per heavy atom. The number of ether oxygens (including phenoxy) is 1. The molecule has 0 atom stereocenters. The number of aryl methyl sites for hydroxylation is 1. The highest BCUT2D eigenvalue weighted by atomic mass is 19.1. The number of carbonyl (C=O) groups excluding carboxylic acids is 2. The molecule has 0 aliphatic heterocycles. The fourth-order valence-corrected chi connectivity index (χ4v) is 2.46. The first-order valence-electron chi connectivity index (χ1n) is 9.03. The summed E-state index contributed by atoms with van der Waals surface area (Å²) in [5.74, 6) is -1.61. The standard InChI is InChI=1S/C21H24F2N2O3/c1-15-5-8-17(9-6-15)28-13-12-25(2)20(26)4-3-11-24-21(27)18-10-7-16(22)14-19(18)23/h5-10,14H,3-4,11-13H2,1-2H3,(H,24,27). The van der Waals surface area contributed by atoms with Crippen LogP contribution in [0.25, 0.3) is 0 Å². The number of nitrogens with one attached hydrogen (secondary N) is 1. The SMILES string of the molecule is Cc1ccc(OCCN(C)C(=O)CCCNC(=O)c2ccc(F)cc2F)cc1. The third kappa shape index (κ3) is 6.64. The summed E-state index contributed by atoms with van der Waals surface area (Å²) in [5, 5.41) is 2.53. The molecule has 0 fully saturated rings. The van der Waals surface area contributed by atoms with E-state index < -0.39 is 17.5 Å². The Labute approximate surface area is 163 Å². The molecule has 28 heavy (non-hydrogen) atoms. The zero-order chi connectivity index (χ0) is 20.5. The molecule has 0 saturated carbocycles. The summed E-state index contributed by atoms with van der Waals surface area (Å²) < 4.78 is 32.0. The van der Waals surface area contributed by atoms with E-state index in [2.05, 4.69) is 5.32 Å². The third-order valence-corrected chi connectivity index (χ3v) is 4.17. The van der Waals surface area contributed by atoms with Crippen molar-refractivity contribution in [1.29, 1.82) is 0 Å². The fraction of sp³-hybridized carbons (Fsp3) is 0.333. The van der Waals surface area contributed by atoms with Gasteiger partial charge in [-0.2, -0.15) is 0 Å². The molecule has 0 bridgehead atoms. The summed E-state index contributed by atoms with van der Waals surface area (Å²) in [6, 6.07) is 10.4. The van der Waals surface area contributed by atoms with E-state index in [9.17, 15) is 18.4 Å². The average Bonchev–Trinajstić information content (AvgIpc) is 2.66. The van der Waals surface area contributed by atoms with E-state index in [0.29, 0.717) is 25.6 Å². The number of hydrogen-bond donors (Lipinski definition) is 1. The molecule has 2 aromatic carbocycles. The highest BCUT2D eigenvalue weighted by molar-refractivity contribution is 5.94. The zero-order valence-electron chi connectivity index (χ0n) is 16.0. The van der Waals surface area contributed by atoms with Crippen LogP contribution in [0.15, 0.2) is 42.5 Å². The van der Waals surface area contributed by atoms with Crippen LogP contribution in [0.5, 0.6) is 5.75 Å². The number of carbonyl (C=O) groups is 2. The molecular weight excluding hydrogens is 366 g/mol. The van der Waals surface area contributed by atoms with Crippen LogP contribution in [0.1, 0.15) is 28.8 Å². The highest BCUT2D eigenvalue weighted by Crippen LogP contribution is 2.11. The molecule has 150 valence electrons. The Balaban J connectivity index is 1.64. The number of hydrogen-bond acceptors (Lipinski definition) is 3. The molecule has 0 aliphatic carbocycles. The summed E-state index contributed by atoms with van der Waals surface area (Å²) in [6.45, 7) is 3.04. The third-order valence-electron chi connectivity index (χ3n) is 4.17. The predicted molar refractivity (Wildman–Crippen MR) is 102 cm³/mol. The molecule has 5 nitrogen and oxygen atoms in total. The molecule has 0 aliphatic rings. The number of rotatable bonds is 9. The minimum atomic E-state index is -0.915. The molecule has 0 aromatic heterocycles. The van der Waals surface area contributed by atoms with Gasteiger partial charge in [-0.05, 0) is 37.6 Å². The maximum Gasteiger partial charge on any atom is 0.254 e. The lowest BCUT2D eigenvalue weighted by Gasteiger charge is -2.17. The van der Waals surface area contributed by atoms with Crippen LogP contribution in [0.2, 0.25) is 0 Å². The first kappa shape index (κ1) is 21.3. The van der Waals surface area contributed by atoms with Gasteiger partial charge in [-0.1, -0.05) is 17.7 Å². The molecule has 0 heterocycles. The summed E-state index contributed by atoms with van der Waals surface area (Å²) in [4.78, 5) is 25.5. The Hall–Kier alpha value is -2.96. The predicted octanol–water partition coefficient (Wildman–Crippen LogP) is 3.32. The van der Waals surface area contributed by atoms with Gasteiger partial charge in [0.1, 0.15) is 24.0 Å². The monoisotopic (exact) mass is 390 g/mol. The van der Waals surface area contributed by atoms with E-state index in [-0.39, 0.29) is 24.4 Å². The lowest BCUT2D eigenvalue weighted by atomic mass is 10.2. The van der Waals surface area contributed by atoms with Gasteiger partial charge in [0.2, 0.25) is 5.91 Å². The highest BCUT2D eigenvalue weighted by Gasteiger charge is 2.13. The van der Waals surface area contributed by atoms with Crippen LogP contribution in [-0.2, 0) is 4.79 Å². The van der Waals surface area contributed by atoms with Crippen LogP contribution in [-0.4, -0.2) is 43.5 Å². The zero-order valence-corrected chi connectivity index (χ0v) is 16.0. The molecule has 0 unspecified atom stereocenters. The largest absolute Gasteiger partial charge is 0.492 e. The van der Waals surface area contributed by atoms with Crippen LogP contribution in [0.4, 0.5) is 8.78 Å². The van der Waals surface area contributed by atoms with Gasteiger partial charge in [0.25, 0.3) is 5.91 Å². The van der Waals surface area contributed by atoms with E-state index in [0.717, 1.165) is 23.4 Å². The number of benzene rings is 2. The molecular formula is C21H24F2N2O3. The van der Waals surface area contributed by atoms with Crippen molar-refractivity contribution < 1.29 is 23.1 Å². The number of halogens is 2. The normalized spacial score (nSPS) is 10.4. The van der Waals surface area contributed by atoms with Gasteiger partial charge in [0, 0.05) is 26.1 Å². The Kier molecular flexibility index (Phi) is 7.92. The smallest absolute Gasteiger partial charge is 0.254 e. The lowest BCUT2D eigenvalue weighted by molar-refractivity contribution is -0.130. The molecule has 7 heteroatoms. The van der Waals surface area contributed by atoms with Crippen molar-refractivity contribution in [2.24, 2.45) is 0 Å². The van der Waals surface area contributed by atoms with Crippen molar-refractivity contribution in [3.63, 3.8) is 0 Å². The van der Waals surface area contributed by atoms with Crippen molar-refractivity contribution >= 4 is 11.8 Å². The van der Waals surface area contributed by atoms with Gasteiger partial charge >= 0.3 is 0 Å². The van der Waals surface area contributed by atoms with Crippen LogP contribution >= 0.6 is 0 Å². The van der Waals surface area contributed by atoms with Gasteiger partial charge in [-0.3, -0.25) is 9.59 Å². The lowest BCUT2D eigenvalue weighted by Crippen LogP contribution is -2.32. The minimum absolute atomic E-state index is 0.0743. The summed E-state index contributed by atoms with van der Waals surface area (Å²) in [7, 11) is 1.69. The number of nitrogens with zero attached hydrogens (tertiary/aromatic N) is 1. The summed E-state index contributed by atoms with van der Waals surface area (Å²) >= 11 is 0. The maximum atomic E-state index is 13.5. The van der Waals surface area contributed by atoms with Gasteiger partial charge < -0.3 is 15.0 Å². The molecule has 2 amide bonds. The topological polar surface area (TPSA) is 58.6 Å². The fourth-order valence-electron chi connectivity index (χ4n) is 2.46. The van der Waals surface area contributed by atoms with Gasteiger partial charge in [0.05, 0.1) is 12.1 Å². The quantitative estimate of drug-likeness (QED) is 0.669. The Morgan fingerprint density at radius 2 is 1.82 bits per heavy atom. The van der Waals surface area contributed by atoms with Crippen molar-refractivity contribution in [2.75, 3.05) is 26.7 Å². The molecule has 0 saturated heterocycles. The van der Waals surface area contributed by atoms with E-state index in [1.54, 1.807) is 11.9 Å². The first-order chi connectivity index (χ1) is 13.4. The van der Waals surface area contributed by atoms with E-state index in [4.69, 9.17) is 4.74 Å². The second kappa shape index (κ2) is 10.4. The van der Waals surface area contributed by atoms with E-state index in [1.807, 2.05) is 31.2 Å². The van der Waals surface area contributed by atoms with E-state index in [1.165, 1.54) is 0 Å². The summed E-state index contributed by atoms with van der Waals surface area (Å²) in [5.41, 5.74) is 0.923. The summed E-state index contributed by atoms with van der Waals surface area (Å²) in [6.07, 6.45) is 0.657. The van der Waals surface area contributed by atoms with Crippen LogP contribution in [0, 0.1) is 18.6 Å². The van der Waals surface area contributed by atoms with Crippen molar-refractivity contribution in [1.82, 2.24) is 10.2 Å². The maximum absolute atomic E-state index is 13.5. The van der Waals surface area contributed by atoms with Gasteiger partial charge in [0.15, 0.2) is 0 Å². The minimum Gasteiger partial charge on any atom is -0.492 e. The molecule has 0 spiro atoms. The Morgan fingerprint density at radius 1 is 1.11 bits per heavy atom. The Bertz CT molecular complexity index is 810. The van der Waals surface area contributed by atoms with Gasteiger partial charge in [-0.15, -0.1) is 0 Å². The van der Waals surface area contributed by atoms with Crippen molar-refractivity contribution in [3.8, 4) is 5.75 Å².